The highest BCUT2D eigenvalue weighted by atomic mass is 16.4. The van der Waals surface area contributed by atoms with Crippen LogP contribution in [0.3, 0.4) is 0 Å². The molecule has 1 fully saturated rings. The maximum absolute atomic E-state index is 12.2. The second kappa shape index (κ2) is 5.49. The van der Waals surface area contributed by atoms with Crippen LogP contribution in [0.15, 0.2) is 0 Å². The van der Waals surface area contributed by atoms with Crippen LogP contribution in [0.2, 0.25) is 0 Å². The van der Waals surface area contributed by atoms with Gasteiger partial charge in [0.05, 0.1) is 6.04 Å². The molecule has 0 bridgehead atoms. The molecule has 19 heavy (non-hydrogen) atoms. The average Bonchev–Trinajstić information content (AvgIpc) is 2.26. The molecule has 1 rings (SSSR count). The molecule has 0 saturated heterocycles. The molecule has 3 unspecified atom stereocenters. The molecule has 0 spiro atoms. The Hall–Kier alpha value is -1.10. The predicted molar refractivity (Wildman–Crippen MR) is 73.6 cm³/mol. The third-order valence-electron chi connectivity index (χ3n) is 3.98. The topological polar surface area (TPSA) is 92.4 Å². The predicted octanol–water partition coefficient (Wildman–Crippen LogP) is 1.51. The molecule has 0 aromatic carbocycles. The maximum atomic E-state index is 12.2. The Morgan fingerprint density at radius 1 is 1.42 bits per heavy atom. The first-order valence-electron chi connectivity index (χ1n) is 6.89. The fraction of sp³-hybridized carbons (Fsp3) is 0.857. The highest BCUT2D eigenvalue weighted by Crippen LogP contribution is 2.33. The van der Waals surface area contributed by atoms with Crippen molar-refractivity contribution in [2.75, 3.05) is 0 Å². The molecular formula is C14H26N2O3. The number of nitrogens with one attached hydrogen (secondary N) is 1. The molecule has 0 heterocycles. The van der Waals surface area contributed by atoms with Crippen molar-refractivity contribution >= 4 is 11.9 Å². The summed E-state index contributed by atoms with van der Waals surface area (Å²) >= 11 is 0. The van der Waals surface area contributed by atoms with Crippen LogP contribution >= 0.6 is 0 Å². The van der Waals surface area contributed by atoms with Gasteiger partial charge in [0.15, 0.2) is 0 Å². The summed E-state index contributed by atoms with van der Waals surface area (Å²) in [6.45, 7) is 7.63. The summed E-state index contributed by atoms with van der Waals surface area (Å²) in [5.41, 5.74) is 4.37. The van der Waals surface area contributed by atoms with Crippen molar-refractivity contribution < 1.29 is 14.7 Å². The SMILES string of the molecule is CC1CCCC(NC(=O)C(N)C(C)(C)C)(C(=O)O)C1. The van der Waals surface area contributed by atoms with Crippen molar-refractivity contribution in [1.29, 1.82) is 0 Å². The van der Waals surface area contributed by atoms with E-state index in [9.17, 15) is 14.7 Å². The van der Waals surface area contributed by atoms with Crippen molar-refractivity contribution in [3.8, 4) is 0 Å². The van der Waals surface area contributed by atoms with Gasteiger partial charge in [0.2, 0.25) is 5.91 Å². The quantitative estimate of drug-likeness (QED) is 0.724. The van der Waals surface area contributed by atoms with Crippen molar-refractivity contribution in [3.05, 3.63) is 0 Å². The van der Waals surface area contributed by atoms with Crippen LogP contribution in [-0.4, -0.2) is 28.6 Å². The fourth-order valence-electron chi connectivity index (χ4n) is 2.62. The number of nitrogens with two attached hydrogens (primary N) is 1. The first kappa shape index (κ1) is 16.0. The van der Waals surface area contributed by atoms with Gasteiger partial charge in [0.25, 0.3) is 0 Å². The molecule has 1 aliphatic carbocycles. The number of carboxylic acids is 1. The lowest BCUT2D eigenvalue weighted by Crippen LogP contribution is -2.61. The van der Waals surface area contributed by atoms with Gasteiger partial charge in [-0.3, -0.25) is 4.79 Å². The first-order valence-corrected chi connectivity index (χ1v) is 6.89. The summed E-state index contributed by atoms with van der Waals surface area (Å²) in [5, 5.41) is 12.2. The van der Waals surface area contributed by atoms with Crippen LogP contribution < -0.4 is 11.1 Å². The summed E-state index contributed by atoms with van der Waals surface area (Å²) in [5.74, 6) is -1.02. The van der Waals surface area contributed by atoms with Crippen molar-refractivity contribution in [2.45, 2.75) is 65.0 Å². The van der Waals surface area contributed by atoms with E-state index in [1.54, 1.807) is 0 Å². The Labute approximate surface area is 114 Å². The number of carboxylic acid groups (broad SMARTS) is 1. The normalized spacial score (nSPS) is 29.6. The van der Waals surface area contributed by atoms with Crippen molar-refractivity contribution in [2.24, 2.45) is 17.1 Å². The molecule has 1 aliphatic rings. The summed E-state index contributed by atoms with van der Waals surface area (Å²) < 4.78 is 0. The Morgan fingerprint density at radius 2 is 2.00 bits per heavy atom. The average molecular weight is 270 g/mol. The monoisotopic (exact) mass is 270 g/mol. The van der Waals surface area contributed by atoms with E-state index in [4.69, 9.17) is 5.73 Å². The van der Waals surface area contributed by atoms with E-state index >= 15 is 0 Å². The number of hydrogen-bond acceptors (Lipinski definition) is 3. The number of aliphatic carboxylic acids is 1. The van der Waals surface area contributed by atoms with Crippen LogP contribution in [-0.2, 0) is 9.59 Å². The van der Waals surface area contributed by atoms with Gasteiger partial charge in [-0.15, -0.1) is 0 Å². The largest absolute Gasteiger partial charge is 0.480 e. The molecular weight excluding hydrogens is 244 g/mol. The molecule has 4 N–H and O–H groups in total. The lowest BCUT2D eigenvalue weighted by Gasteiger charge is -2.39. The van der Waals surface area contributed by atoms with Gasteiger partial charge in [0, 0.05) is 0 Å². The molecule has 0 aromatic heterocycles. The minimum absolute atomic E-state index is 0.302. The lowest BCUT2D eigenvalue weighted by atomic mass is 9.75. The summed E-state index contributed by atoms with van der Waals surface area (Å²) in [6.07, 6.45) is 2.79. The second-order valence-corrected chi connectivity index (χ2v) is 6.92. The van der Waals surface area contributed by atoms with E-state index in [0.29, 0.717) is 18.8 Å². The molecule has 1 saturated carbocycles. The molecule has 0 aromatic rings. The van der Waals surface area contributed by atoms with Crippen LogP contribution in [0.25, 0.3) is 0 Å². The number of rotatable bonds is 3. The van der Waals surface area contributed by atoms with E-state index in [0.717, 1.165) is 12.8 Å². The van der Waals surface area contributed by atoms with Gasteiger partial charge in [0.1, 0.15) is 5.54 Å². The molecule has 5 nitrogen and oxygen atoms in total. The first-order chi connectivity index (χ1) is 8.58. The fourth-order valence-corrected chi connectivity index (χ4v) is 2.62. The third kappa shape index (κ3) is 3.69. The molecule has 0 radical (unpaired) electrons. The van der Waals surface area contributed by atoms with Gasteiger partial charge < -0.3 is 16.2 Å². The molecule has 5 heteroatoms. The van der Waals surface area contributed by atoms with E-state index < -0.39 is 17.6 Å². The minimum Gasteiger partial charge on any atom is -0.480 e. The Balaban J connectivity index is 2.85. The molecule has 0 aliphatic heterocycles. The highest BCUT2D eigenvalue weighted by Gasteiger charge is 2.44. The maximum Gasteiger partial charge on any atom is 0.329 e. The van der Waals surface area contributed by atoms with Gasteiger partial charge >= 0.3 is 5.97 Å². The number of hydrogen-bond donors (Lipinski definition) is 3. The second-order valence-electron chi connectivity index (χ2n) is 6.92. The zero-order valence-electron chi connectivity index (χ0n) is 12.3. The van der Waals surface area contributed by atoms with Crippen LogP contribution in [0.1, 0.15) is 53.4 Å². The van der Waals surface area contributed by atoms with E-state index in [2.05, 4.69) is 5.32 Å². The number of amides is 1. The van der Waals surface area contributed by atoms with Crippen LogP contribution in [0, 0.1) is 11.3 Å². The highest BCUT2D eigenvalue weighted by molar-refractivity contribution is 5.90. The Bertz CT molecular complexity index is 362. The van der Waals surface area contributed by atoms with E-state index in [1.807, 2.05) is 27.7 Å². The zero-order valence-corrected chi connectivity index (χ0v) is 12.3. The zero-order chi connectivity index (χ0) is 14.8. The molecule has 1 amide bonds. The van der Waals surface area contributed by atoms with Gasteiger partial charge in [-0.05, 0) is 24.2 Å². The minimum atomic E-state index is -1.14. The smallest absolute Gasteiger partial charge is 0.329 e. The Kier molecular flexibility index (Phi) is 4.61. The van der Waals surface area contributed by atoms with Crippen molar-refractivity contribution in [1.82, 2.24) is 5.32 Å². The summed E-state index contributed by atoms with van der Waals surface area (Å²) in [6, 6.07) is -0.707. The van der Waals surface area contributed by atoms with Crippen molar-refractivity contribution in [3.63, 3.8) is 0 Å². The van der Waals surface area contributed by atoms with Gasteiger partial charge in [-0.25, -0.2) is 4.79 Å². The Morgan fingerprint density at radius 3 is 2.42 bits per heavy atom. The lowest BCUT2D eigenvalue weighted by molar-refractivity contribution is -0.150. The summed E-state index contributed by atoms with van der Waals surface area (Å²) in [7, 11) is 0. The van der Waals surface area contributed by atoms with Crippen LogP contribution in [0.4, 0.5) is 0 Å². The van der Waals surface area contributed by atoms with E-state index in [1.165, 1.54) is 0 Å². The van der Waals surface area contributed by atoms with Crippen LogP contribution in [0.5, 0.6) is 0 Å². The van der Waals surface area contributed by atoms with Gasteiger partial charge in [-0.1, -0.05) is 40.5 Å². The number of carbonyl (C=O) groups is 2. The standard InChI is InChI=1S/C14H26N2O3/c1-9-6-5-7-14(8-9,12(18)19)16-11(17)10(15)13(2,3)4/h9-10H,5-8,15H2,1-4H3,(H,16,17)(H,18,19). The number of carbonyl (C=O) groups excluding carboxylic acids is 1. The molecule has 3 atom stereocenters. The van der Waals surface area contributed by atoms with E-state index in [-0.39, 0.29) is 11.3 Å². The molecule has 110 valence electrons. The summed E-state index contributed by atoms with van der Waals surface area (Å²) in [4.78, 5) is 23.7. The third-order valence-corrected chi connectivity index (χ3v) is 3.98. The van der Waals surface area contributed by atoms with Gasteiger partial charge in [-0.2, -0.15) is 0 Å².